The van der Waals surface area contributed by atoms with Crippen LogP contribution in [0.25, 0.3) is 33.3 Å². The van der Waals surface area contributed by atoms with Gasteiger partial charge in [0.15, 0.2) is 0 Å². The molecule has 2 aliphatic carbocycles. The molecule has 6 aromatic rings. The molecule has 12 heteroatoms. The average Bonchev–Trinajstić information content (AvgIpc) is 4.14. The van der Waals surface area contributed by atoms with Crippen LogP contribution in [0.1, 0.15) is 80.5 Å². The van der Waals surface area contributed by atoms with Crippen LogP contribution in [0.15, 0.2) is 82.9 Å². The Morgan fingerprint density at radius 2 is 1.04 bits per heavy atom. The second-order valence-corrected chi connectivity index (χ2v) is 13.7. The lowest BCUT2D eigenvalue weighted by molar-refractivity contribution is 0.0589. The molecular formula is C42H42N6O6. The van der Waals surface area contributed by atoms with E-state index in [1.165, 1.54) is 14.2 Å². The maximum atomic E-state index is 12.8. The highest BCUT2D eigenvalue weighted by Gasteiger charge is 2.31. The van der Waals surface area contributed by atoms with E-state index in [2.05, 4.69) is 20.6 Å². The van der Waals surface area contributed by atoms with Gasteiger partial charge in [0, 0.05) is 50.0 Å². The quantitative estimate of drug-likeness (QED) is 0.162. The van der Waals surface area contributed by atoms with Gasteiger partial charge in [-0.05, 0) is 133 Å². The van der Waals surface area contributed by atoms with Gasteiger partial charge in [-0.25, -0.2) is 19.6 Å². The Balaban J connectivity index is 0.000000167. The molecule has 2 aliphatic rings. The van der Waals surface area contributed by atoms with E-state index in [0.29, 0.717) is 11.8 Å². The molecule has 12 nitrogen and oxygen atoms in total. The first kappa shape index (κ1) is 36.1. The summed E-state index contributed by atoms with van der Waals surface area (Å²) in [6, 6.07) is 15.1. The fourth-order valence-electron chi connectivity index (χ4n) is 7.15. The number of hydrogen-bond acceptors (Lipinski definition) is 10. The number of hydrogen-bond donors (Lipinski definition) is 2. The first-order chi connectivity index (χ1) is 26.1. The predicted octanol–water partition coefficient (Wildman–Crippen LogP) is 6.75. The summed E-state index contributed by atoms with van der Waals surface area (Å²) in [6.07, 6.45) is 11.4. The van der Waals surface area contributed by atoms with Gasteiger partial charge < -0.3 is 20.1 Å². The number of anilines is 2. The summed E-state index contributed by atoms with van der Waals surface area (Å²) in [6.45, 7) is 4.03. The van der Waals surface area contributed by atoms with Gasteiger partial charge in [-0.2, -0.15) is 0 Å². The first-order valence-corrected chi connectivity index (χ1v) is 17.9. The fraction of sp³-hybridized carbons (Fsp3) is 0.286. The van der Waals surface area contributed by atoms with Crippen LogP contribution in [-0.2, 0) is 9.47 Å². The third-order valence-electron chi connectivity index (χ3n) is 10.3. The highest BCUT2D eigenvalue weighted by molar-refractivity contribution is 5.91. The van der Waals surface area contributed by atoms with Crippen molar-refractivity contribution in [3.8, 4) is 22.3 Å². The molecule has 0 aliphatic heterocycles. The third-order valence-corrected chi connectivity index (χ3v) is 10.3. The number of nitrogens with zero attached hydrogens (tertiary/aromatic N) is 4. The van der Waals surface area contributed by atoms with Gasteiger partial charge in [0.2, 0.25) is 0 Å². The number of ether oxygens (including phenoxy) is 2. The zero-order valence-corrected chi connectivity index (χ0v) is 31.1. The van der Waals surface area contributed by atoms with Crippen LogP contribution < -0.4 is 21.8 Å². The molecule has 0 amide bonds. The van der Waals surface area contributed by atoms with Crippen molar-refractivity contribution < 1.29 is 19.1 Å². The van der Waals surface area contributed by atoms with Crippen molar-refractivity contribution in [3.05, 3.63) is 127 Å². The number of aryl methyl sites for hydroxylation is 2. The molecule has 276 valence electrons. The van der Waals surface area contributed by atoms with E-state index >= 15 is 0 Å². The van der Waals surface area contributed by atoms with Crippen molar-refractivity contribution in [1.29, 1.82) is 0 Å². The lowest BCUT2D eigenvalue weighted by Crippen LogP contribution is -2.24. The number of pyridine rings is 6. The number of rotatable bonds is 8. The summed E-state index contributed by atoms with van der Waals surface area (Å²) in [5.41, 5.74) is 9.35. The van der Waals surface area contributed by atoms with Crippen LogP contribution >= 0.6 is 0 Å². The number of carbonyl (C=O) groups excluding carboxylic acids is 2. The molecule has 6 aromatic heterocycles. The van der Waals surface area contributed by atoms with Crippen molar-refractivity contribution in [2.75, 3.05) is 38.9 Å². The van der Waals surface area contributed by atoms with E-state index in [1.54, 1.807) is 33.3 Å². The monoisotopic (exact) mass is 726 g/mol. The summed E-state index contributed by atoms with van der Waals surface area (Å²) in [7, 11) is 6.25. The smallest absolute Gasteiger partial charge is 0.343 e. The normalized spacial score (nSPS) is 13.6. The standard InChI is InChI=1S/2C21H21N3O3/c2*1-12-15(14-6-7-18(22-2)23-11-14)8-9-24-19(12)16(13-4-5-13)10-17(20(24)25)21(26)27-3/h2*6-11,13H,4-5H2,1-3H3,(H,22,23). The highest BCUT2D eigenvalue weighted by atomic mass is 16.5. The second kappa shape index (κ2) is 14.6. The van der Waals surface area contributed by atoms with Gasteiger partial charge in [0.1, 0.15) is 22.8 Å². The molecule has 0 spiro atoms. The van der Waals surface area contributed by atoms with Crippen molar-refractivity contribution >= 4 is 34.6 Å². The topological polar surface area (TPSA) is 145 Å². The predicted molar refractivity (Wildman–Crippen MR) is 209 cm³/mol. The van der Waals surface area contributed by atoms with Gasteiger partial charge in [0.25, 0.3) is 11.1 Å². The molecule has 2 fully saturated rings. The zero-order chi connectivity index (χ0) is 38.3. The molecule has 0 radical (unpaired) electrons. The number of nitrogens with one attached hydrogen (secondary N) is 2. The van der Waals surface area contributed by atoms with Gasteiger partial charge >= 0.3 is 11.9 Å². The molecule has 2 N–H and O–H groups in total. The van der Waals surface area contributed by atoms with Crippen LogP contribution in [0.2, 0.25) is 0 Å². The van der Waals surface area contributed by atoms with Crippen molar-refractivity contribution in [2.24, 2.45) is 0 Å². The van der Waals surface area contributed by atoms with E-state index in [0.717, 1.165) is 92.9 Å². The minimum Gasteiger partial charge on any atom is -0.465 e. The van der Waals surface area contributed by atoms with Gasteiger partial charge in [0.05, 0.1) is 25.3 Å². The molecule has 54 heavy (non-hydrogen) atoms. The van der Waals surface area contributed by atoms with Crippen LogP contribution in [0.4, 0.5) is 11.6 Å². The summed E-state index contributed by atoms with van der Waals surface area (Å²) >= 11 is 0. The largest absolute Gasteiger partial charge is 0.465 e. The number of esters is 2. The molecule has 8 rings (SSSR count). The Kier molecular flexibility index (Phi) is 9.76. The number of methoxy groups -OCH3 is 2. The summed E-state index contributed by atoms with van der Waals surface area (Å²) in [5, 5.41) is 6.02. The fourth-order valence-corrected chi connectivity index (χ4v) is 7.15. The number of aromatic nitrogens is 4. The van der Waals surface area contributed by atoms with E-state index in [9.17, 15) is 19.2 Å². The number of carbonyl (C=O) groups is 2. The Bertz CT molecular complexity index is 2370. The van der Waals surface area contributed by atoms with Crippen LogP contribution in [-0.4, -0.2) is 59.0 Å². The minimum absolute atomic E-state index is 0.0871. The van der Waals surface area contributed by atoms with Crippen LogP contribution in [0, 0.1) is 13.8 Å². The van der Waals surface area contributed by atoms with Crippen molar-refractivity contribution in [2.45, 2.75) is 51.4 Å². The highest BCUT2D eigenvalue weighted by Crippen LogP contribution is 2.44. The Labute approximate surface area is 311 Å². The van der Waals surface area contributed by atoms with Gasteiger partial charge in [-0.1, -0.05) is 0 Å². The molecule has 2 saturated carbocycles. The average molecular weight is 727 g/mol. The summed E-state index contributed by atoms with van der Waals surface area (Å²) < 4.78 is 12.8. The molecule has 0 atom stereocenters. The second-order valence-electron chi connectivity index (χ2n) is 13.7. The molecule has 0 saturated heterocycles. The van der Waals surface area contributed by atoms with E-state index in [1.807, 2.05) is 76.7 Å². The maximum absolute atomic E-state index is 12.8. The van der Waals surface area contributed by atoms with E-state index < -0.39 is 11.9 Å². The van der Waals surface area contributed by atoms with Gasteiger partial charge in [-0.15, -0.1) is 0 Å². The molecule has 0 aromatic carbocycles. The number of fused-ring (bicyclic) bond motifs is 2. The van der Waals surface area contributed by atoms with Crippen LogP contribution in [0.5, 0.6) is 0 Å². The first-order valence-electron chi connectivity index (χ1n) is 17.9. The van der Waals surface area contributed by atoms with E-state index in [-0.39, 0.29) is 22.2 Å². The molecule has 6 heterocycles. The van der Waals surface area contributed by atoms with Crippen LogP contribution in [0.3, 0.4) is 0 Å². The van der Waals surface area contributed by atoms with Gasteiger partial charge in [-0.3, -0.25) is 18.4 Å². The third kappa shape index (κ3) is 6.59. The lowest BCUT2D eigenvalue weighted by Gasteiger charge is -2.15. The zero-order valence-electron chi connectivity index (χ0n) is 31.1. The van der Waals surface area contributed by atoms with Crippen molar-refractivity contribution in [1.82, 2.24) is 18.8 Å². The molecular weight excluding hydrogens is 684 g/mol. The van der Waals surface area contributed by atoms with Crippen molar-refractivity contribution in [3.63, 3.8) is 0 Å². The van der Waals surface area contributed by atoms with E-state index in [4.69, 9.17) is 9.47 Å². The molecule has 0 unspecified atom stereocenters. The minimum atomic E-state index is -0.593. The SMILES string of the molecule is CNc1ccc(-c2ccn3c(=O)c(C(=O)OC)cc(C4CC4)c3c2C)cn1.CNc1ccc(-c2ccn3c(=O)c(C(=O)OC)cc(C4CC4)c3c2C)cn1. The molecule has 0 bridgehead atoms. The summed E-state index contributed by atoms with van der Waals surface area (Å²) in [4.78, 5) is 58.6. The Hall–Kier alpha value is -6.30. The Morgan fingerprint density at radius 3 is 1.33 bits per heavy atom. The Morgan fingerprint density at radius 1 is 0.648 bits per heavy atom. The maximum Gasteiger partial charge on any atom is 0.343 e. The summed E-state index contributed by atoms with van der Waals surface area (Å²) in [5.74, 6) is 1.17. The lowest BCUT2D eigenvalue weighted by atomic mass is 9.97.